The van der Waals surface area contributed by atoms with Crippen LogP contribution in [0.15, 0.2) is 24.3 Å². The molecule has 3 nitrogen and oxygen atoms in total. The molecule has 0 atom stereocenters. The van der Waals surface area contributed by atoms with Crippen LogP contribution in [0, 0.1) is 6.92 Å². The van der Waals surface area contributed by atoms with Gasteiger partial charge in [-0.2, -0.15) is 0 Å². The Morgan fingerprint density at radius 2 is 2.07 bits per heavy atom. The lowest BCUT2D eigenvalue weighted by Gasteiger charge is -2.05. The Labute approximate surface area is 89.9 Å². The monoisotopic (exact) mass is 203 g/mol. The van der Waals surface area contributed by atoms with Gasteiger partial charge in [0.25, 0.3) is 0 Å². The SMILES string of the molecule is Cc1nc2ccccc2n1CCCCN. The van der Waals surface area contributed by atoms with Crippen LogP contribution in [0.2, 0.25) is 0 Å². The summed E-state index contributed by atoms with van der Waals surface area (Å²) in [5.74, 6) is 1.09. The average molecular weight is 203 g/mol. The zero-order chi connectivity index (χ0) is 10.7. The molecule has 3 heteroatoms. The number of nitrogens with two attached hydrogens (primary N) is 1. The molecule has 2 aromatic rings. The fraction of sp³-hybridized carbons (Fsp3) is 0.417. The first-order chi connectivity index (χ1) is 7.33. The number of fused-ring (bicyclic) bond motifs is 1. The summed E-state index contributed by atoms with van der Waals surface area (Å²) >= 11 is 0. The summed E-state index contributed by atoms with van der Waals surface area (Å²) in [5, 5.41) is 0. The summed E-state index contributed by atoms with van der Waals surface area (Å²) in [6.45, 7) is 3.84. The molecule has 0 saturated carbocycles. The largest absolute Gasteiger partial charge is 0.330 e. The van der Waals surface area contributed by atoms with Crippen LogP contribution in [0.5, 0.6) is 0 Å². The molecule has 0 unspecified atom stereocenters. The minimum absolute atomic E-state index is 0.770. The van der Waals surface area contributed by atoms with Gasteiger partial charge in [0.1, 0.15) is 5.82 Å². The Morgan fingerprint density at radius 1 is 1.27 bits per heavy atom. The van der Waals surface area contributed by atoms with E-state index >= 15 is 0 Å². The number of hydrogen-bond donors (Lipinski definition) is 1. The number of hydrogen-bond acceptors (Lipinski definition) is 2. The van der Waals surface area contributed by atoms with Crippen LogP contribution in [0.4, 0.5) is 0 Å². The molecule has 1 heterocycles. The summed E-state index contributed by atoms with van der Waals surface area (Å²) in [7, 11) is 0. The highest BCUT2D eigenvalue weighted by molar-refractivity contribution is 5.75. The van der Waals surface area contributed by atoms with E-state index in [9.17, 15) is 0 Å². The second-order valence-electron chi connectivity index (χ2n) is 3.80. The van der Waals surface area contributed by atoms with Gasteiger partial charge < -0.3 is 10.3 Å². The van der Waals surface area contributed by atoms with E-state index in [0.29, 0.717) is 0 Å². The lowest BCUT2D eigenvalue weighted by atomic mass is 10.3. The van der Waals surface area contributed by atoms with Crippen LogP contribution in [0.1, 0.15) is 18.7 Å². The molecule has 0 saturated heterocycles. The van der Waals surface area contributed by atoms with Crippen molar-refractivity contribution in [2.24, 2.45) is 5.73 Å². The highest BCUT2D eigenvalue weighted by Crippen LogP contribution is 2.15. The number of benzene rings is 1. The topological polar surface area (TPSA) is 43.8 Å². The highest BCUT2D eigenvalue weighted by atomic mass is 15.1. The first-order valence-corrected chi connectivity index (χ1v) is 5.45. The number of unbranched alkanes of at least 4 members (excludes halogenated alkanes) is 1. The van der Waals surface area contributed by atoms with E-state index in [0.717, 1.165) is 37.3 Å². The van der Waals surface area contributed by atoms with Crippen molar-refractivity contribution in [1.29, 1.82) is 0 Å². The fourth-order valence-corrected chi connectivity index (χ4v) is 1.89. The van der Waals surface area contributed by atoms with Gasteiger partial charge in [-0.1, -0.05) is 12.1 Å². The Bertz CT molecular complexity index is 445. The summed E-state index contributed by atoms with van der Waals surface area (Å²) in [6, 6.07) is 8.27. The zero-order valence-electron chi connectivity index (χ0n) is 9.11. The van der Waals surface area contributed by atoms with Crippen molar-refractivity contribution in [1.82, 2.24) is 9.55 Å². The van der Waals surface area contributed by atoms with Gasteiger partial charge in [-0.3, -0.25) is 0 Å². The smallest absolute Gasteiger partial charge is 0.106 e. The van der Waals surface area contributed by atoms with E-state index in [1.807, 2.05) is 6.07 Å². The number of nitrogens with zero attached hydrogens (tertiary/aromatic N) is 2. The van der Waals surface area contributed by atoms with Crippen LogP contribution >= 0.6 is 0 Å². The third kappa shape index (κ3) is 2.02. The maximum absolute atomic E-state index is 5.49. The Morgan fingerprint density at radius 3 is 2.87 bits per heavy atom. The maximum atomic E-state index is 5.49. The van der Waals surface area contributed by atoms with E-state index in [1.54, 1.807) is 0 Å². The van der Waals surface area contributed by atoms with Gasteiger partial charge in [-0.15, -0.1) is 0 Å². The standard InChI is InChI=1S/C12H17N3/c1-10-14-11-6-2-3-7-12(11)15(10)9-5-4-8-13/h2-3,6-7H,4-5,8-9,13H2,1H3. The van der Waals surface area contributed by atoms with Crippen molar-refractivity contribution in [2.75, 3.05) is 6.54 Å². The van der Waals surface area contributed by atoms with Crippen molar-refractivity contribution in [2.45, 2.75) is 26.3 Å². The molecular weight excluding hydrogens is 186 g/mol. The number of aryl methyl sites for hydroxylation is 2. The molecule has 0 aliphatic carbocycles. The lowest BCUT2D eigenvalue weighted by molar-refractivity contribution is 0.614. The van der Waals surface area contributed by atoms with Gasteiger partial charge in [-0.25, -0.2) is 4.98 Å². The third-order valence-corrected chi connectivity index (χ3v) is 2.68. The molecule has 0 spiro atoms. The molecule has 0 radical (unpaired) electrons. The number of para-hydroxylation sites is 2. The van der Waals surface area contributed by atoms with E-state index in [4.69, 9.17) is 5.73 Å². The minimum atomic E-state index is 0.770. The molecule has 0 bridgehead atoms. The van der Waals surface area contributed by atoms with Crippen molar-refractivity contribution in [3.63, 3.8) is 0 Å². The second kappa shape index (κ2) is 4.45. The molecule has 0 amide bonds. The molecule has 0 aliphatic rings. The van der Waals surface area contributed by atoms with Gasteiger partial charge in [-0.05, 0) is 38.4 Å². The van der Waals surface area contributed by atoms with Crippen LogP contribution in [-0.4, -0.2) is 16.1 Å². The Kier molecular flexibility index (Phi) is 3.02. The molecule has 0 aliphatic heterocycles. The van der Waals surface area contributed by atoms with Crippen LogP contribution in [-0.2, 0) is 6.54 Å². The fourth-order valence-electron chi connectivity index (χ4n) is 1.89. The van der Waals surface area contributed by atoms with Gasteiger partial charge in [0.05, 0.1) is 11.0 Å². The van der Waals surface area contributed by atoms with Crippen LogP contribution < -0.4 is 5.73 Å². The molecule has 15 heavy (non-hydrogen) atoms. The predicted octanol–water partition coefficient (Wildman–Crippen LogP) is 2.08. The van der Waals surface area contributed by atoms with Crippen LogP contribution in [0.3, 0.4) is 0 Å². The summed E-state index contributed by atoms with van der Waals surface area (Å²) < 4.78 is 2.27. The molecule has 2 rings (SSSR count). The Hall–Kier alpha value is -1.35. The van der Waals surface area contributed by atoms with Gasteiger partial charge >= 0.3 is 0 Å². The summed E-state index contributed by atoms with van der Waals surface area (Å²) in [6.07, 6.45) is 2.20. The quantitative estimate of drug-likeness (QED) is 0.773. The van der Waals surface area contributed by atoms with E-state index in [2.05, 4.69) is 34.7 Å². The summed E-state index contributed by atoms with van der Waals surface area (Å²) in [4.78, 5) is 4.52. The van der Waals surface area contributed by atoms with Gasteiger partial charge in [0.15, 0.2) is 0 Å². The van der Waals surface area contributed by atoms with Crippen molar-refractivity contribution < 1.29 is 0 Å². The lowest BCUT2D eigenvalue weighted by Crippen LogP contribution is -2.04. The third-order valence-electron chi connectivity index (χ3n) is 2.68. The molecule has 1 aromatic carbocycles. The van der Waals surface area contributed by atoms with Crippen LogP contribution in [0.25, 0.3) is 11.0 Å². The highest BCUT2D eigenvalue weighted by Gasteiger charge is 2.05. The number of imidazole rings is 1. The van der Waals surface area contributed by atoms with Gasteiger partial charge in [0.2, 0.25) is 0 Å². The van der Waals surface area contributed by atoms with Crippen molar-refractivity contribution in [3.8, 4) is 0 Å². The molecule has 2 N–H and O–H groups in total. The summed E-state index contributed by atoms with van der Waals surface area (Å²) in [5.41, 5.74) is 7.81. The first kappa shape index (κ1) is 10.2. The normalized spacial score (nSPS) is 11.1. The molecule has 0 fully saturated rings. The average Bonchev–Trinajstić information content (AvgIpc) is 2.56. The predicted molar refractivity (Wildman–Crippen MR) is 62.8 cm³/mol. The maximum Gasteiger partial charge on any atom is 0.106 e. The van der Waals surface area contributed by atoms with Crippen molar-refractivity contribution in [3.05, 3.63) is 30.1 Å². The first-order valence-electron chi connectivity index (χ1n) is 5.45. The second-order valence-corrected chi connectivity index (χ2v) is 3.80. The van der Waals surface area contributed by atoms with E-state index < -0.39 is 0 Å². The molecule has 1 aromatic heterocycles. The van der Waals surface area contributed by atoms with Crippen molar-refractivity contribution >= 4 is 11.0 Å². The Balaban J connectivity index is 2.28. The molecule has 80 valence electrons. The van der Waals surface area contributed by atoms with E-state index in [1.165, 1.54) is 5.52 Å². The number of rotatable bonds is 4. The van der Waals surface area contributed by atoms with E-state index in [-0.39, 0.29) is 0 Å². The zero-order valence-corrected chi connectivity index (χ0v) is 9.11. The minimum Gasteiger partial charge on any atom is -0.330 e. The number of aromatic nitrogens is 2. The molecular formula is C12H17N3. The van der Waals surface area contributed by atoms with Gasteiger partial charge in [0, 0.05) is 6.54 Å².